The van der Waals surface area contributed by atoms with Crippen molar-refractivity contribution in [2.24, 2.45) is 0 Å². The highest BCUT2D eigenvalue weighted by molar-refractivity contribution is 9.10. The molecule has 1 heterocycles. The minimum atomic E-state index is -0.533. The average Bonchev–Trinajstić information content (AvgIpc) is 2.35. The predicted octanol–water partition coefficient (Wildman–Crippen LogP) is 3.37. The standard InChI is InChI=1S/C12H7BrF2N2O/c13-9-3-1-7(5-10(9)15)12(18)17-11-4-2-8(14)6-16-11/h1-6H,(H,16,17,18). The predicted molar refractivity (Wildman–Crippen MR) is 66.2 cm³/mol. The number of amides is 1. The summed E-state index contributed by atoms with van der Waals surface area (Å²) in [6, 6.07) is 6.49. The zero-order chi connectivity index (χ0) is 13.1. The van der Waals surface area contributed by atoms with Gasteiger partial charge in [0.2, 0.25) is 0 Å². The molecule has 0 radical (unpaired) electrons. The SMILES string of the molecule is O=C(Nc1ccc(F)cn1)c1ccc(Br)c(F)c1. The van der Waals surface area contributed by atoms with Gasteiger partial charge in [0.25, 0.3) is 5.91 Å². The van der Waals surface area contributed by atoms with Gasteiger partial charge >= 0.3 is 0 Å². The van der Waals surface area contributed by atoms with Crippen LogP contribution in [0.5, 0.6) is 0 Å². The van der Waals surface area contributed by atoms with Gasteiger partial charge in [0, 0.05) is 5.56 Å². The molecule has 0 spiro atoms. The molecule has 0 bridgehead atoms. The Kier molecular flexibility index (Phi) is 3.66. The van der Waals surface area contributed by atoms with Crippen molar-refractivity contribution >= 4 is 27.7 Å². The number of anilines is 1. The molecule has 2 rings (SSSR count). The van der Waals surface area contributed by atoms with Gasteiger partial charge in [-0.3, -0.25) is 4.79 Å². The molecule has 1 aromatic carbocycles. The van der Waals surface area contributed by atoms with Crippen LogP contribution in [0, 0.1) is 11.6 Å². The van der Waals surface area contributed by atoms with Crippen LogP contribution < -0.4 is 5.32 Å². The highest BCUT2D eigenvalue weighted by Crippen LogP contribution is 2.17. The van der Waals surface area contributed by atoms with E-state index < -0.39 is 17.5 Å². The van der Waals surface area contributed by atoms with Gasteiger partial charge in [-0.15, -0.1) is 0 Å². The molecule has 1 aromatic heterocycles. The number of carbonyl (C=O) groups excluding carboxylic acids is 1. The minimum Gasteiger partial charge on any atom is -0.307 e. The molecule has 1 N–H and O–H groups in total. The monoisotopic (exact) mass is 312 g/mol. The molecule has 0 atom stereocenters. The van der Waals surface area contributed by atoms with Crippen molar-refractivity contribution in [3.63, 3.8) is 0 Å². The zero-order valence-electron chi connectivity index (χ0n) is 8.95. The Bertz CT molecular complexity index is 587. The van der Waals surface area contributed by atoms with Gasteiger partial charge in [-0.05, 0) is 46.3 Å². The summed E-state index contributed by atoms with van der Waals surface area (Å²) in [5.41, 5.74) is 0.154. The van der Waals surface area contributed by atoms with Gasteiger partial charge in [-0.25, -0.2) is 13.8 Å². The normalized spacial score (nSPS) is 10.2. The Hall–Kier alpha value is -1.82. The number of aromatic nitrogens is 1. The molecule has 2 aromatic rings. The molecule has 0 saturated heterocycles. The number of nitrogens with zero attached hydrogens (tertiary/aromatic N) is 1. The summed E-state index contributed by atoms with van der Waals surface area (Å²) in [6.07, 6.45) is 0.984. The topological polar surface area (TPSA) is 42.0 Å². The van der Waals surface area contributed by atoms with Crippen molar-refractivity contribution in [1.82, 2.24) is 4.98 Å². The molecule has 1 amide bonds. The van der Waals surface area contributed by atoms with Crippen LogP contribution in [-0.2, 0) is 0 Å². The van der Waals surface area contributed by atoms with Crippen LogP contribution >= 0.6 is 15.9 Å². The fraction of sp³-hybridized carbons (Fsp3) is 0. The second-order valence-electron chi connectivity index (χ2n) is 3.44. The highest BCUT2D eigenvalue weighted by Gasteiger charge is 2.09. The van der Waals surface area contributed by atoms with E-state index in [-0.39, 0.29) is 15.9 Å². The molecule has 0 aliphatic rings. The van der Waals surface area contributed by atoms with Gasteiger partial charge in [-0.2, -0.15) is 0 Å². The Labute approximate surface area is 110 Å². The maximum atomic E-state index is 13.2. The first-order valence-corrected chi connectivity index (χ1v) is 5.73. The summed E-state index contributed by atoms with van der Waals surface area (Å²) >= 11 is 2.99. The molecular weight excluding hydrogens is 306 g/mol. The van der Waals surface area contributed by atoms with Crippen LogP contribution in [0.2, 0.25) is 0 Å². The number of nitrogens with one attached hydrogen (secondary N) is 1. The lowest BCUT2D eigenvalue weighted by atomic mass is 10.2. The Morgan fingerprint density at radius 3 is 2.61 bits per heavy atom. The number of carbonyl (C=O) groups is 1. The first-order valence-electron chi connectivity index (χ1n) is 4.94. The molecule has 18 heavy (non-hydrogen) atoms. The third-order valence-electron chi connectivity index (χ3n) is 2.15. The largest absolute Gasteiger partial charge is 0.307 e. The van der Waals surface area contributed by atoms with Gasteiger partial charge in [0.15, 0.2) is 0 Å². The molecule has 0 unspecified atom stereocenters. The van der Waals surface area contributed by atoms with Crippen LogP contribution in [0.4, 0.5) is 14.6 Å². The molecule has 3 nitrogen and oxygen atoms in total. The number of rotatable bonds is 2. The fourth-order valence-corrected chi connectivity index (χ4v) is 1.52. The summed E-state index contributed by atoms with van der Waals surface area (Å²) < 4.78 is 26.1. The summed E-state index contributed by atoms with van der Waals surface area (Å²) in [5.74, 6) is -1.34. The lowest BCUT2D eigenvalue weighted by molar-refractivity contribution is 0.102. The number of halogens is 3. The Morgan fingerprint density at radius 1 is 1.22 bits per heavy atom. The van der Waals surface area contributed by atoms with Crippen molar-refractivity contribution in [2.75, 3.05) is 5.32 Å². The minimum absolute atomic E-state index is 0.154. The van der Waals surface area contributed by atoms with Crippen LogP contribution in [0.25, 0.3) is 0 Å². The molecule has 0 fully saturated rings. The maximum Gasteiger partial charge on any atom is 0.256 e. The van der Waals surface area contributed by atoms with Crippen molar-refractivity contribution in [3.8, 4) is 0 Å². The van der Waals surface area contributed by atoms with E-state index in [4.69, 9.17) is 0 Å². The lowest BCUT2D eigenvalue weighted by Crippen LogP contribution is -2.13. The number of hydrogen-bond acceptors (Lipinski definition) is 2. The number of pyridine rings is 1. The van der Waals surface area contributed by atoms with Gasteiger partial charge in [0.05, 0.1) is 10.7 Å². The maximum absolute atomic E-state index is 13.2. The van der Waals surface area contributed by atoms with Crippen LogP contribution in [0.15, 0.2) is 41.0 Å². The van der Waals surface area contributed by atoms with E-state index in [0.717, 1.165) is 12.3 Å². The van der Waals surface area contributed by atoms with Crippen LogP contribution in [0.1, 0.15) is 10.4 Å². The first-order chi connectivity index (χ1) is 8.56. The molecule has 0 aliphatic carbocycles. The van der Waals surface area contributed by atoms with Gasteiger partial charge in [-0.1, -0.05) is 0 Å². The van der Waals surface area contributed by atoms with Crippen molar-refractivity contribution in [3.05, 3.63) is 58.2 Å². The Morgan fingerprint density at radius 2 is 2.00 bits per heavy atom. The van der Waals surface area contributed by atoms with E-state index in [2.05, 4.69) is 26.2 Å². The fourth-order valence-electron chi connectivity index (χ4n) is 1.28. The summed E-state index contributed by atoms with van der Waals surface area (Å²) in [4.78, 5) is 15.4. The second-order valence-corrected chi connectivity index (χ2v) is 4.30. The van der Waals surface area contributed by atoms with E-state index in [9.17, 15) is 13.6 Å². The van der Waals surface area contributed by atoms with Crippen LogP contribution in [0.3, 0.4) is 0 Å². The van der Waals surface area contributed by atoms with E-state index in [1.165, 1.54) is 24.3 Å². The van der Waals surface area contributed by atoms with Gasteiger partial charge < -0.3 is 5.32 Å². The lowest BCUT2D eigenvalue weighted by Gasteiger charge is -2.04. The third-order valence-corrected chi connectivity index (χ3v) is 2.79. The summed E-state index contributed by atoms with van der Waals surface area (Å²) in [5, 5.41) is 2.43. The van der Waals surface area contributed by atoms with E-state index >= 15 is 0 Å². The van der Waals surface area contributed by atoms with Crippen LogP contribution in [-0.4, -0.2) is 10.9 Å². The highest BCUT2D eigenvalue weighted by atomic mass is 79.9. The quantitative estimate of drug-likeness (QED) is 0.923. The summed E-state index contributed by atoms with van der Waals surface area (Å²) in [7, 11) is 0. The molecule has 0 saturated carbocycles. The molecule has 0 aliphatic heterocycles. The van der Waals surface area contributed by atoms with Crippen molar-refractivity contribution in [2.45, 2.75) is 0 Å². The zero-order valence-corrected chi connectivity index (χ0v) is 10.5. The number of benzene rings is 1. The van der Waals surface area contributed by atoms with E-state index in [1.54, 1.807) is 0 Å². The van der Waals surface area contributed by atoms with Crippen molar-refractivity contribution in [1.29, 1.82) is 0 Å². The van der Waals surface area contributed by atoms with E-state index in [0.29, 0.717) is 0 Å². The molecular formula is C12H7BrF2N2O. The smallest absolute Gasteiger partial charge is 0.256 e. The average molecular weight is 313 g/mol. The molecule has 92 valence electrons. The molecule has 6 heteroatoms. The first kappa shape index (κ1) is 12.6. The number of hydrogen-bond donors (Lipinski definition) is 1. The van der Waals surface area contributed by atoms with E-state index in [1.807, 2.05) is 0 Å². The van der Waals surface area contributed by atoms with Crippen molar-refractivity contribution < 1.29 is 13.6 Å². The Balaban J connectivity index is 2.16. The van der Waals surface area contributed by atoms with Gasteiger partial charge in [0.1, 0.15) is 17.5 Å². The summed E-state index contributed by atoms with van der Waals surface area (Å²) in [6.45, 7) is 0. The third kappa shape index (κ3) is 2.89. The second kappa shape index (κ2) is 5.22.